The van der Waals surface area contributed by atoms with Gasteiger partial charge in [-0.25, -0.2) is 4.79 Å². The Bertz CT molecular complexity index is 591. The molecular weight excluding hydrogens is 312 g/mol. The van der Waals surface area contributed by atoms with Crippen LogP contribution >= 0.6 is 11.6 Å². The molecule has 0 saturated carbocycles. The standard InChI is InChI=1S/C14H17ClN2O5/c1-4-8(2)12(14(19)22-3)16-13(18)10-6-5-9(17(20)21)7-11(10)15/h5-8,12H,4H2,1-3H3,(H,16,18)/t8-,12-/m1/s1. The number of methoxy groups -OCH3 is 1. The van der Waals surface area contributed by atoms with Crippen LogP contribution in [0.15, 0.2) is 18.2 Å². The third-order valence-electron chi connectivity index (χ3n) is 3.36. The second-order valence-corrected chi connectivity index (χ2v) is 5.19. The van der Waals surface area contributed by atoms with Crippen LogP contribution in [0.2, 0.25) is 5.02 Å². The number of hydrogen-bond donors (Lipinski definition) is 1. The molecule has 0 aliphatic heterocycles. The molecule has 0 spiro atoms. The number of nitrogens with zero attached hydrogens (tertiary/aromatic N) is 1. The van der Waals surface area contributed by atoms with Gasteiger partial charge in [0.25, 0.3) is 11.6 Å². The molecule has 1 rings (SSSR count). The lowest BCUT2D eigenvalue weighted by molar-refractivity contribution is -0.384. The van der Waals surface area contributed by atoms with Gasteiger partial charge in [-0.05, 0) is 12.0 Å². The van der Waals surface area contributed by atoms with Gasteiger partial charge in [-0.1, -0.05) is 31.9 Å². The first-order valence-corrected chi connectivity index (χ1v) is 7.02. The summed E-state index contributed by atoms with van der Waals surface area (Å²) in [7, 11) is 1.24. The predicted molar refractivity (Wildman–Crippen MR) is 80.8 cm³/mol. The number of rotatable bonds is 6. The monoisotopic (exact) mass is 328 g/mol. The van der Waals surface area contributed by atoms with E-state index in [1.165, 1.54) is 19.2 Å². The highest BCUT2D eigenvalue weighted by atomic mass is 35.5. The van der Waals surface area contributed by atoms with Gasteiger partial charge in [0.15, 0.2) is 0 Å². The Morgan fingerprint density at radius 1 is 1.45 bits per heavy atom. The van der Waals surface area contributed by atoms with Gasteiger partial charge in [0, 0.05) is 12.1 Å². The van der Waals surface area contributed by atoms with Gasteiger partial charge < -0.3 is 10.1 Å². The molecule has 0 fully saturated rings. The Hall–Kier alpha value is -2.15. The third kappa shape index (κ3) is 4.17. The molecule has 0 aromatic heterocycles. The molecule has 1 N–H and O–H groups in total. The Morgan fingerprint density at radius 2 is 2.09 bits per heavy atom. The van der Waals surface area contributed by atoms with E-state index in [9.17, 15) is 19.7 Å². The van der Waals surface area contributed by atoms with Crippen molar-refractivity contribution in [1.82, 2.24) is 5.32 Å². The van der Waals surface area contributed by atoms with Crippen molar-refractivity contribution < 1.29 is 19.2 Å². The fourth-order valence-electron chi connectivity index (χ4n) is 1.82. The van der Waals surface area contributed by atoms with Crippen molar-refractivity contribution in [2.45, 2.75) is 26.3 Å². The minimum atomic E-state index is -0.811. The van der Waals surface area contributed by atoms with Crippen LogP contribution in [0, 0.1) is 16.0 Å². The topological polar surface area (TPSA) is 98.5 Å². The highest BCUT2D eigenvalue weighted by Gasteiger charge is 2.28. The van der Waals surface area contributed by atoms with E-state index in [2.05, 4.69) is 10.1 Å². The van der Waals surface area contributed by atoms with E-state index >= 15 is 0 Å². The van der Waals surface area contributed by atoms with Gasteiger partial charge in [-0.2, -0.15) is 0 Å². The molecule has 0 saturated heterocycles. The molecule has 1 amide bonds. The number of nitrogens with one attached hydrogen (secondary N) is 1. The molecule has 1 aromatic rings. The third-order valence-corrected chi connectivity index (χ3v) is 3.68. The van der Waals surface area contributed by atoms with Gasteiger partial charge in [0.1, 0.15) is 6.04 Å². The van der Waals surface area contributed by atoms with Crippen LogP contribution in [0.1, 0.15) is 30.6 Å². The summed E-state index contributed by atoms with van der Waals surface area (Å²) >= 11 is 5.90. The van der Waals surface area contributed by atoms with E-state index in [4.69, 9.17) is 11.6 Å². The smallest absolute Gasteiger partial charge is 0.328 e. The highest BCUT2D eigenvalue weighted by molar-refractivity contribution is 6.34. The lowest BCUT2D eigenvalue weighted by Gasteiger charge is -2.22. The summed E-state index contributed by atoms with van der Waals surface area (Å²) in [6, 6.07) is 2.71. The zero-order chi connectivity index (χ0) is 16.9. The first kappa shape index (κ1) is 17.9. The van der Waals surface area contributed by atoms with Crippen LogP contribution in [0.3, 0.4) is 0 Å². The van der Waals surface area contributed by atoms with E-state index in [-0.39, 0.29) is 22.2 Å². The first-order valence-electron chi connectivity index (χ1n) is 6.64. The maximum absolute atomic E-state index is 12.2. The van der Waals surface area contributed by atoms with Crippen LogP contribution in [0.5, 0.6) is 0 Å². The van der Waals surface area contributed by atoms with Gasteiger partial charge in [-0.3, -0.25) is 14.9 Å². The van der Waals surface area contributed by atoms with Gasteiger partial charge in [0.2, 0.25) is 0 Å². The predicted octanol–water partition coefficient (Wildman–Crippen LogP) is 2.57. The Balaban J connectivity index is 3.00. The molecule has 0 radical (unpaired) electrons. The maximum atomic E-state index is 12.2. The molecule has 0 aliphatic rings. The minimum absolute atomic E-state index is 0.0560. The Morgan fingerprint density at radius 3 is 2.55 bits per heavy atom. The quantitative estimate of drug-likeness (QED) is 0.491. The summed E-state index contributed by atoms with van der Waals surface area (Å²) in [4.78, 5) is 34.0. The summed E-state index contributed by atoms with van der Waals surface area (Å²) in [6.07, 6.45) is 0.661. The van der Waals surface area contributed by atoms with E-state index in [1.54, 1.807) is 6.92 Å². The number of carbonyl (C=O) groups is 2. The lowest BCUT2D eigenvalue weighted by Crippen LogP contribution is -2.45. The van der Waals surface area contributed by atoms with Crippen LogP contribution in [0.25, 0.3) is 0 Å². The van der Waals surface area contributed by atoms with Crippen LogP contribution in [-0.4, -0.2) is 30.0 Å². The number of carbonyl (C=O) groups excluding carboxylic acids is 2. The molecule has 7 nitrogen and oxygen atoms in total. The summed E-state index contributed by atoms with van der Waals surface area (Å²) in [5, 5.41) is 13.2. The molecule has 0 aliphatic carbocycles. The number of nitro benzene ring substituents is 1. The number of halogens is 1. The SMILES string of the molecule is CC[C@@H](C)[C@@H](NC(=O)c1ccc([N+](=O)[O-])cc1Cl)C(=O)OC. The van der Waals surface area contributed by atoms with Crippen molar-refractivity contribution in [3.05, 3.63) is 38.9 Å². The highest BCUT2D eigenvalue weighted by Crippen LogP contribution is 2.23. The fraction of sp³-hybridized carbons (Fsp3) is 0.429. The van der Waals surface area contributed by atoms with Gasteiger partial charge in [0.05, 0.1) is 22.6 Å². The number of hydrogen-bond acceptors (Lipinski definition) is 5. The molecule has 0 bridgehead atoms. The van der Waals surface area contributed by atoms with Crippen molar-refractivity contribution in [3.8, 4) is 0 Å². The summed E-state index contributed by atoms with van der Waals surface area (Å²) in [5.74, 6) is -1.27. The van der Waals surface area contributed by atoms with Crippen LogP contribution in [0.4, 0.5) is 5.69 Å². The molecule has 22 heavy (non-hydrogen) atoms. The fourth-order valence-corrected chi connectivity index (χ4v) is 2.08. The minimum Gasteiger partial charge on any atom is -0.467 e. The molecule has 120 valence electrons. The molecule has 2 atom stereocenters. The van der Waals surface area contributed by atoms with Gasteiger partial charge >= 0.3 is 5.97 Å². The van der Waals surface area contributed by atoms with Crippen molar-refractivity contribution in [3.63, 3.8) is 0 Å². The molecular formula is C14H17ClN2O5. The average Bonchev–Trinajstić information content (AvgIpc) is 2.50. The van der Waals surface area contributed by atoms with Crippen LogP contribution < -0.4 is 5.32 Å². The second-order valence-electron chi connectivity index (χ2n) is 4.78. The normalized spacial score (nSPS) is 13.1. The summed E-state index contributed by atoms with van der Waals surface area (Å²) in [5.41, 5.74) is -0.155. The van der Waals surface area contributed by atoms with Crippen molar-refractivity contribution in [2.24, 2.45) is 5.92 Å². The number of amides is 1. The zero-order valence-electron chi connectivity index (χ0n) is 12.5. The molecule has 0 heterocycles. The van der Waals surface area contributed by atoms with Crippen molar-refractivity contribution in [2.75, 3.05) is 7.11 Å². The Labute approximate surface area is 132 Å². The summed E-state index contributed by atoms with van der Waals surface area (Å²) < 4.78 is 4.68. The first-order chi connectivity index (χ1) is 10.3. The number of ether oxygens (including phenoxy) is 1. The van der Waals surface area contributed by atoms with Crippen LogP contribution in [-0.2, 0) is 9.53 Å². The number of benzene rings is 1. The van der Waals surface area contributed by atoms with Crippen molar-refractivity contribution in [1.29, 1.82) is 0 Å². The summed E-state index contributed by atoms with van der Waals surface area (Å²) in [6.45, 7) is 3.69. The van der Waals surface area contributed by atoms with E-state index in [0.717, 1.165) is 6.07 Å². The molecule has 0 unspecified atom stereocenters. The molecule has 1 aromatic carbocycles. The maximum Gasteiger partial charge on any atom is 0.328 e. The average molecular weight is 329 g/mol. The molecule has 8 heteroatoms. The van der Waals surface area contributed by atoms with Gasteiger partial charge in [-0.15, -0.1) is 0 Å². The lowest BCUT2D eigenvalue weighted by atomic mass is 9.99. The number of nitro groups is 1. The van der Waals surface area contributed by atoms with E-state index in [0.29, 0.717) is 6.42 Å². The largest absolute Gasteiger partial charge is 0.467 e. The van der Waals surface area contributed by atoms with Crippen molar-refractivity contribution >= 4 is 29.2 Å². The Kier molecular flexibility index (Phi) is 6.30. The van der Waals surface area contributed by atoms with E-state index in [1.807, 2.05) is 6.92 Å². The number of esters is 1. The van der Waals surface area contributed by atoms with E-state index < -0.39 is 22.8 Å². The second kappa shape index (κ2) is 7.74. The zero-order valence-corrected chi connectivity index (χ0v) is 13.2. The number of non-ortho nitro benzene ring substituents is 1.